The molecule has 0 heterocycles. The van der Waals surface area contributed by atoms with Crippen LogP contribution < -0.4 is 19.5 Å². The van der Waals surface area contributed by atoms with Crippen LogP contribution in [0.25, 0.3) is 6.08 Å². The lowest BCUT2D eigenvalue weighted by molar-refractivity contribution is -0.117. The van der Waals surface area contributed by atoms with Gasteiger partial charge in [0.1, 0.15) is 19.0 Å². The van der Waals surface area contributed by atoms with Crippen LogP contribution in [-0.4, -0.2) is 31.3 Å². The number of hydrogen-bond donors (Lipinski definition) is 1. The van der Waals surface area contributed by atoms with E-state index in [1.165, 1.54) is 6.08 Å². The second kappa shape index (κ2) is 10.4. The van der Waals surface area contributed by atoms with Crippen molar-refractivity contribution in [2.45, 2.75) is 33.2 Å². The van der Waals surface area contributed by atoms with Crippen LogP contribution in [0, 0.1) is 0 Å². The monoisotopic (exact) mass is 383 g/mol. The van der Waals surface area contributed by atoms with Crippen LogP contribution in [0.3, 0.4) is 0 Å². The van der Waals surface area contributed by atoms with E-state index >= 15 is 0 Å². The van der Waals surface area contributed by atoms with Crippen molar-refractivity contribution in [2.24, 2.45) is 0 Å². The van der Waals surface area contributed by atoms with E-state index in [0.29, 0.717) is 31.3 Å². The van der Waals surface area contributed by atoms with Gasteiger partial charge in [-0.3, -0.25) is 4.79 Å². The van der Waals surface area contributed by atoms with Crippen molar-refractivity contribution >= 4 is 12.0 Å². The fourth-order valence-corrected chi connectivity index (χ4v) is 2.43. The molecule has 0 radical (unpaired) electrons. The number of hydrogen-bond acceptors (Lipinski definition) is 4. The Bertz CT molecular complexity index is 779. The molecular formula is C23H29NO4. The highest BCUT2D eigenvalue weighted by molar-refractivity contribution is 5.92. The second-order valence-electron chi connectivity index (χ2n) is 7.22. The van der Waals surface area contributed by atoms with Crippen LogP contribution in [0.5, 0.6) is 17.2 Å². The van der Waals surface area contributed by atoms with Gasteiger partial charge in [-0.2, -0.15) is 0 Å². The number of carbonyl (C=O) groups excluding carboxylic acids is 1. The maximum absolute atomic E-state index is 11.9. The van der Waals surface area contributed by atoms with E-state index in [0.717, 1.165) is 11.3 Å². The first-order valence-electron chi connectivity index (χ1n) is 9.45. The van der Waals surface area contributed by atoms with Gasteiger partial charge in [-0.1, -0.05) is 24.3 Å². The van der Waals surface area contributed by atoms with Gasteiger partial charge in [-0.15, -0.1) is 0 Å². The van der Waals surface area contributed by atoms with Crippen molar-refractivity contribution in [1.82, 2.24) is 5.32 Å². The van der Waals surface area contributed by atoms with Crippen LogP contribution in [0.15, 0.2) is 54.6 Å². The van der Waals surface area contributed by atoms with Crippen LogP contribution in [0.2, 0.25) is 0 Å². The third-order valence-corrected chi connectivity index (χ3v) is 3.55. The molecule has 0 saturated carbocycles. The molecule has 2 rings (SSSR count). The number of rotatable bonds is 9. The largest absolute Gasteiger partial charge is 0.490 e. The summed E-state index contributed by atoms with van der Waals surface area (Å²) in [5, 5.41) is 2.89. The molecule has 28 heavy (non-hydrogen) atoms. The summed E-state index contributed by atoms with van der Waals surface area (Å²) in [6.45, 7) is 9.11. The fraction of sp³-hybridized carbons (Fsp3) is 0.348. The Kier molecular flexibility index (Phi) is 7.93. The molecule has 0 fully saturated rings. The molecule has 0 atom stereocenters. The minimum absolute atomic E-state index is 0.135. The molecule has 5 heteroatoms. The highest BCUT2D eigenvalue weighted by Gasteiger charge is 2.11. The van der Waals surface area contributed by atoms with Gasteiger partial charge in [0, 0.05) is 11.6 Å². The summed E-state index contributed by atoms with van der Waals surface area (Å²) in [5.74, 6) is 1.96. The molecule has 1 N–H and O–H groups in total. The van der Waals surface area contributed by atoms with Crippen LogP contribution in [0.1, 0.15) is 33.3 Å². The van der Waals surface area contributed by atoms with Crippen molar-refractivity contribution in [3.05, 3.63) is 60.2 Å². The van der Waals surface area contributed by atoms with E-state index < -0.39 is 0 Å². The summed E-state index contributed by atoms with van der Waals surface area (Å²) in [5.41, 5.74) is 0.595. The first kappa shape index (κ1) is 21.4. The number of para-hydroxylation sites is 1. The predicted molar refractivity (Wildman–Crippen MR) is 112 cm³/mol. The highest BCUT2D eigenvalue weighted by atomic mass is 16.5. The average molecular weight is 383 g/mol. The zero-order chi connectivity index (χ0) is 20.4. The van der Waals surface area contributed by atoms with E-state index in [4.69, 9.17) is 14.2 Å². The van der Waals surface area contributed by atoms with E-state index in [9.17, 15) is 4.79 Å². The zero-order valence-corrected chi connectivity index (χ0v) is 17.0. The van der Waals surface area contributed by atoms with Crippen molar-refractivity contribution in [3.8, 4) is 17.2 Å². The van der Waals surface area contributed by atoms with E-state index in [-0.39, 0.29) is 11.4 Å². The third kappa shape index (κ3) is 7.74. The first-order valence-corrected chi connectivity index (χ1v) is 9.45. The minimum atomic E-state index is -0.266. The average Bonchev–Trinajstić information content (AvgIpc) is 2.64. The van der Waals surface area contributed by atoms with Crippen molar-refractivity contribution in [1.29, 1.82) is 0 Å². The van der Waals surface area contributed by atoms with E-state index in [1.54, 1.807) is 6.08 Å². The first-order chi connectivity index (χ1) is 13.4. The SMILES string of the molecule is CCOc1cc(/C=C/C(=O)NC(C)(C)C)ccc1OCCOc1ccccc1. The summed E-state index contributed by atoms with van der Waals surface area (Å²) >= 11 is 0. The maximum atomic E-state index is 11.9. The van der Waals surface area contributed by atoms with E-state index in [2.05, 4.69) is 5.32 Å². The molecule has 0 unspecified atom stereocenters. The lowest BCUT2D eigenvalue weighted by Gasteiger charge is -2.19. The summed E-state index contributed by atoms with van der Waals surface area (Å²) in [6.07, 6.45) is 3.27. The molecule has 0 saturated heterocycles. The van der Waals surface area contributed by atoms with Crippen LogP contribution in [-0.2, 0) is 4.79 Å². The Morgan fingerprint density at radius 2 is 1.68 bits per heavy atom. The van der Waals surface area contributed by atoms with Gasteiger partial charge in [0.05, 0.1) is 6.61 Å². The number of ether oxygens (including phenoxy) is 3. The van der Waals surface area contributed by atoms with Gasteiger partial charge in [0.2, 0.25) is 5.91 Å². The number of nitrogens with one attached hydrogen (secondary N) is 1. The molecule has 1 amide bonds. The van der Waals surface area contributed by atoms with Gasteiger partial charge >= 0.3 is 0 Å². The summed E-state index contributed by atoms with van der Waals surface area (Å²) in [7, 11) is 0. The molecule has 0 bridgehead atoms. The molecule has 2 aromatic carbocycles. The number of carbonyl (C=O) groups is 1. The molecule has 2 aromatic rings. The number of amides is 1. The third-order valence-electron chi connectivity index (χ3n) is 3.55. The van der Waals surface area contributed by atoms with Crippen molar-refractivity contribution in [2.75, 3.05) is 19.8 Å². The maximum Gasteiger partial charge on any atom is 0.244 e. The predicted octanol–water partition coefficient (Wildman–Crippen LogP) is 4.47. The standard InChI is InChI=1S/C23H29NO4/c1-5-26-21-17-18(12-14-22(25)24-23(2,3)4)11-13-20(21)28-16-15-27-19-9-7-6-8-10-19/h6-14,17H,5,15-16H2,1-4H3,(H,24,25)/b14-12+. The van der Waals surface area contributed by atoms with Gasteiger partial charge < -0.3 is 19.5 Å². The zero-order valence-electron chi connectivity index (χ0n) is 17.0. The molecule has 0 aliphatic heterocycles. The van der Waals surface area contributed by atoms with Gasteiger partial charge in [0.15, 0.2) is 11.5 Å². The van der Waals surface area contributed by atoms with E-state index in [1.807, 2.05) is 76.2 Å². The molecule has 0 aliphatic carbocycles. The van der Waals surface area contributed by atoms with Gasteiger partial charge in [0.25, 0.3) is 0 Å². The van der Waals surface area contributed by atoms with Gasteiger partial charge in [-0.05, 0) is 63.6 Å². The Morgan fingerprint density at radius 1 is 0.964 bits per heavy atom. The lowest BCUT2D eigenvalue weighted by Crippen LogP contribution is -2.39. The van der Waals surface area contributed by atoms with Gasteiger partial charge in [-0.25, -0.2) is 0 Å². The molecule has 0 aromatic heterocycles. The lowest BCUT2D eigenvalue weighted by atomic mass is 10.1. The Hall–Kier alpha value is -2.95. The Labute approximate surface area is 167 Å². The molecular weight excluding hydrogens is 354 g/mol. The normalized spacial score (nSPS) is 11.3. The quantitative estimate of drug-likeness (QED) is 0.513. The van der Waals surface area contributed by atoms with Crippen molar-refractivity contribution in [3.63, 3.8) is 0 Å². The number of benzene rings is 2. The second-order valence-corrected chi connectivity index (χ2v) is 7.22. The molecule has 0 aliphatic rings. The van der Waals surface area contributed by atoms with Crippen LogP contribution in [0.4, 0.5) is 0 Å². The fourth-order valence-electron chi connectivity index (χ4n) is 2.43. The minimum Gasteiger partial charge on any atom is -0.490 e. The smallest absolute Gasteiger partial charge is 0.244 e. The summed E-state index contributed by atoms with van der Waals surface area (Å²) < 4.78 is 17.1. The molecule has 0 spiro atoms. The highest BCUT2D eigenvalue weighted by Crippen LogP contribution is 2.29. The Balaban J connectivity index is 1.94. The molecule has 5 nitrogen and oxygen atoms in total. The Morgan fingerprint density at radius 3 is 2.36 bits per heavy atom. The molecule has 150 valence electrons. The topological polar surface area (TPSA) is 56.8 Å². The van der Waals surface area contributed by atoms with Crippen LogP contribution >= 0.6 is 0 Å². The summed E-state index contributed by atoms with van der Waals surface area (Å²) in [6, 6.07) is 15.2. The summed E-state index contributed by atoms with van der Waals surface area (Å²) in [4.78, 5) is 11.9. The van der Waals surface area contributed by atoms with Crippen molar-refractivity contribution < 1.29 is 19.0 Å².